The Bertz CT molecular complexity index is 1260. The maximum Gasteiger partial charge on any atom is 0.326 e. The van der Waals surface area contributed by atoms with Gasteiger partial charge in [0.15, 0.2) is 17.3 Å². The van der Waals surface area contributed by atoms with E-state index in [1.807, 2.05) is 0 Å². The Balaban J connectivity index is 2.03. The Kier molecular flexibility index (Phi) is 6.91. The molecule has 0 saturated carbocycles. The Hall–Kier alpha value is -4.41. The zero-order valence-corrected chi connectivity index (χ0v) is 17.3. The number of carbonyl (C=O) groups is 2. The Morgan fingerprint density at radius 3 is 2.61 bits per heavy atom. The van der Waals surface area contributed by atoms with Gasteiger partial charge in [-0.2, -0.15) is 0 Å². The molecule has 0 fully saturated rings. The number of halogens is 2. The van der Waals surface area contributed by atoms with E-state index in [1.54, 1.807) is 0 Å². The van der Waals surface area contributed by atoms with Gasteiger partial charge in [-0.15, -0.1) is 0 Å². The molecule has 0 atom stereocenters. The number of rotatable bonds is 7. The number of carboxylic acid groups (broad SMARTS) is 1. The van der Waals surface area contributed by atoms with E-state index in [0.29, 0.717) is 6.07 Å². The minimum atomic E-state index is -1.14. The molecule has 0 unspecified atom stereocenters. The molecular formula is C22H19F2N3O6. The number of aromatic hydroxyl groups is 1. The van der Waals surface area contributed by atoms with Crippen molar-refractivity contribution in [3.05, 3.63) is 76.7 Å². The van der Waals surface area contributed by atoms with Gasteiger partial charge >= 0.3 is 12.0 Å². The topological polar surface area (TPSA) is 121 Å². The van der Waals surface area contributed by atoms with Gasteiger partial charge in [-0.05, 0) is 30.3 Å². The summed E-state index contributed by atoms with van der Waals surface area (Å²) >= 11 is 0. The molecule has 0 radical (unpaired) electrons. The lowest BCUT2D eigenvalue weighted by molar-refractivity contribution is -0.136. The molecule has 0 spiro atoms. The molecule has 1 aromatic heterocycles. The highest BCUT2D eigenvalue weighted by molar-refractivity contribution is 6.00. The van der Waals surface area contributed by atoms with Crippen molar-refractivity contribution in [2.24, 2.45) is 7.05 Å². The molecule has 33 heavy (non-hydrogen) atoms. The van der Waals surface area contributed by atoms with Gasteiger partial charge in [0.25, 0.3) is 5.56 Å². The molecule has 0 aliphatic rings. The van der Waals surface area contributed by atoms with E-state index >= 15 is 0 Å². The van der Waals surface area contributed by atoms with E-state index in [4.69, 9.17) is 9.84 Å². The highest BCUT2D eigenvalue weighted by Crippen LogP contribution is 2.33. The van der Waals surface area contributed by atoms with Crippen LogP contribution in [-0.4, -0.2) is 33.3 Å². The predicted octanol–water partition coefficient (Wildman–Crippen LogP) is 3.48. The highest BCUT2D eigenvalue weighted by atomic mass is 19.1. The SMILES string of the molecule is Cn1ccc(O)c(N(C(=O)NCCC(=O)O)c2cccc(Oc3ccc(F)cc3F)c2)c1=O. The van der Waals surface area contributed by atoms with E-state index in [1.165, 1.54) is 43.6 Å². The molecule has 0 saturated heterocycles. The molecule has 2 aromatic carbocycles. The Labute approximate surface area is 186 Å². The average molecular weight is 459 g/mol. The van der Waals surface area contributed by atoms with Gasteiger partial charge in [0.1, 0.15) is 17.3 Å². The third kappa shape index (κ3) is 5.45. The number of carboxylic acids is 1. The molecule has 3 N–H and O–H groups in total. The fourth-order valence-electron chi connectivity index (χ4n) is 2.89. The Morgan fingerprint density at radius 1 is 1.15 bits per heavy atom. The minimum Gasteiger partial charge on any atom is -0.505 e. The van der Waals surface area contributed by atoms with E-state index in [0.717, 1.165) is 21.6 Å². The average Bonchev–Trinajstić information content (AvgIpc) is 2.76. The van der Waals surface area contributed by atoms with Crippen LogP contribution < -0.4 is 20.5 Å². The number of nitrogens with one attached hydrogen (secondary N) is 1. The minimum absolute atomic E-state index is 0.0496. The quantitative estimate of drug-likeness (QED) is 0.498. The number of benzene rings is 2. The van der Waals surface area contributed by atoms with Gasteiger partial charge in [-0.3, -0.25) is 14.5 Å². The second-order valence-electron chi connectivity index (χ2n) is 6.85. The number of pyridine rings is 1. The molecule has 11 heteroatoms. The van der Waals surface area contributed by atoms with E-state index < -0.39 is 40.6 Å². The lowest BCUT2D eigenvalue weighted by Crippen LogP contribution is -2.41. The Morgan fingerprint density at radius 2 is 1.91 bits per heavy atom. The number of aromatic nitrogens is 1. The molecule has 2 amide bonds. The number of nitrogens with zero attached hydrogens (tertiary/aromatic N) is 2. The monoisotopic (exact) mass is 459 g/mol. The van der Waals surface area contributed by atoms with Gasteiger partial charge in [0.05, 0.1) is 12.1 Å². The van der Waals surface area contributed by atoms with Gasteiger partial charge in [0.2, 0.25) is 0 Å². The van der Waals surface area contributed by atoms with Gasteiger partial charge in [-0.1, -0.05) is 6.07 Å². The van der Waals surface area contributed by atoms with E-state index in [9.17, 15) is 28.3 Å². The van der Waals surface area contributed by atoms with Crippen LogP contribution in [0.25, 0.3) is 0 Å². The van der Waals surface area contributed by atoms with Crippen LogP contribution in [0.3, 0.4) is 0 Å². The summed E-state index contributed by atoms with van der Waals surface area (Å²) in [5.74, 6) is -3.59. The third-order valence-electron chi connectivity index (χ3n) is 4.46. The number of hydrogen-bond donors (Lipinski definition) is 3. The number of amides is 2. The number of anilines is 2. The number of carbonyl (C=O) groups excluding carboxylic acids is 1. The summed E-state index contributed by atoms with van der Waals surface area (Å²) in [6, 6.07) is 8.68. The van der Waals surface area contributed by atoms with Gasteiger partial charge in [0, 0.05) is 31.9 Å². The molecule has 172 valence electrons. The zero-order valence-electron chi connectivity index (χ0n) is 17.3. The normalized spacial score (nSPS) is 10.5. The van der Waals surface area contributed by atoms with Crippen molar-refractivity contribution >= 4 is 23.4 Å². The smallest absolute Gasteiger partial charge is 0.326 e. The lowest BCUT2D eigenvalue weighted by atomic mass is 10.2. The number of aryl methyl sites for hydroxylation is 1. The molecule has 3 aromatic rings. The first-order valence-corrected chi connectivity index (χ1v) is 9.58. The van der Waals surface area contributed by atoms with Crippen molar-refractivity contribution in [2.45, 2.75) is 6.42 Å². The van der Waals surface area contributed by atoms with Crippen molar-refractivity contribution in [1.82, 2.24) is 9.88 Å². The van der Waals surface area contributed by atoms with Crippen molar-refractivity contribution < 1.29 is 33.3 Å². The van der Waals surface area contributed by atoms with Crippen LogP contribution >= 0.6 is 0 Å². The fourth-order valence-corrected chi connectivity index (χ4v) is 2.89. The lowest BCUT2D eigenvalue weighted by Gasteiger charge is -2.24. The first-order chi connectivity index (χ1) is 15.7. The summed E-state index contributed by atoms with van der Waals surface area (Å²) in [7, 11) is 1.42. The van der Waals surface area contributed by atoms with Crippen LogP contribution in [0, 0.1) is 11.6 Å². The number of ether oxygens (including phenoxy) is 1. The van der Waals surface area contributed by atoms with Crippen LogP contribution in [0.4, 0.5) is 25.0 Å². The molecule has 1 heterocycles. The van der Waals surface area contributed by atoms with Crippen LogP contribution in [0.15, 0.2) is 59.5 Å². The third-order valence-corrected chi connectivity index (χ3v) is 4.46. The molecular weight excluding hydrogens is 440 g/mol. The number of urea groups is 1. The van der Waals surface area contributed by atoms with Crippen molar-refractivity contribution in [2.75, 3.05) is 11.4 Å². The summed E-state index contributed by atoms with van der Waals surface area (Å²) in [5, 5.41) is 21.5. The molecule has 9 nitrogen and oxygen atoms in total. The number of aliphatic carboxylic acids is 1. The zero-order chi connectivity index (χ0) is 24.1. The molecule has 0 aliphatic carbocycles. The summed E-state index contributed by atoms with van der Waals surface area (Å²) in [5.41, 5.74) is -1.04. The van der Waals surface area contributed by atoms with Gasteiger partial charge in [-0.25, -0.2) is 13.6 Å². The van der Waals surface area contributed by atoms with Gasteiger partial charge < -0.3 is 24.8 Å². The highest BCUT2D eigenvalue weighted by Gasteiger charge is 2.25. The standard InChI is InChI=1S/C22H19F2N3O6/c1-26-10-8-17(28)20(21(26)31)27(22(32)25-9-7-19(29)30)14-3-2-4-15(12-14)33-18-6-5-13(23)11-16(18)24/h2-6,8,10-12,28H,7,9H2,1H3,(H,25,32)(H,29,30). The van der Waals surface area contributed by atoms with Crippen LogP contribution in [-0.2, 0) is 11.8 Å². The summed E-state index contributed by atoms with van der Waals surface area (Å²) in [4.78, 5) is 37.3. The molecule has 3 rings (SSSR count). The first kappa shape index (κ1) is 23.3. The van der Waals surface area contributed by atoms with E-state index in [-0.39, 0.29) is 30.2 Å². The molecule has 0 bridgehead atoms. The predicted molar refractivity (Wildman–Crippen MR) is 114 cm³/mol. The van der Waals surface area contributed by atoms with Crippen molar-refractivity contribution in [3.63, 3.8) is 0 Å². The van der Waals surface area contributed by atoms with Crippen molar-refractivity contribution in [1.29, 1.82) is 0 Å². The second-order valence-corrected chi connectivity index (χ2v) is 6.85. The van der Waals surface area contributed by atoms with Crippen LogP contribution in [0.5, 0.6) is 17.2 Å². The van der Waals surface area contributed by atoms with Crippen LogP contribution in [0.2, 0.25) is 0 Å². The maximum absolute atomic E-state index is 14.0. The van der Waals surface area contributed by atoms with Crippen molar-refractivity contribution in [3.8, 4) is 17.2 Å². The first-order valence-electron chi connectivity index (χ1n) is 9.58. The fraction of sp³-hybridized carbons (Fsp3) is 0.136. The number of hydrogen-bond acceptors (Lipinski definition) is 5. The maximum atomic E-state index is 14.0. The second kappa shape index (κ2) is 9.81. The summed E-state index contributed by atoms with van der Waals surface area (Å²) < 4.78 is 33.7. The molecule has 0 aliphatic heterocycles. The summed E-state index contributed by atoms with van der Waals surface area (Å²) in [6.45, 7) is -0.241. The van der Waals surface area contributed by atoms with Crippen LogP contribution in [0.1, 0.15) is 6.42 Å². The largest absolute Gasteiger partial charge is 0.505 e. The summed E-state index contributed by atoms with van der Waals surface area (Å²) in [6.07, 6.45) is 0.934. The van der Waals surface area contributed by atoms with E-state index in [2.05, 4.69) is 5.32 Å².